The van der Waals surface area contributed by atoms with Gasteiger partial charge in [0.25, 0.3) is 6.43 Å². The van der Waals surface area contributed by atoms with Crippen LogP contribution in [0.15, 0.2) is 12.1 Å². The van der Waals surface area contributed by atoms with E-state index in [9.17, 15) is 13.6 Å². The molecule has 0 bridgehead atoms. The van der Waals surface area contributed by atoms with E-state index in [2.05, 4.69) is 0 Å². The Morgan fingerprint density at radius 1 is 1.53 bits per heavy atom. The van der Waals surface area contributed by atoms with E-state index in [1.165, 1.54) is 6.07 Å². The van der Waals surface area contributed by atoms with Crippen LogP contribution in [0.25, 0.3) is 0 Å². The molecule has 0 spiro atoms. The summed E-state index contributed by atoms with van der Waals surface area (Å²) < 4.78 is 30.7. The second kappa shape index (κ2) is 5.39. The Hall–Kier alpha value is -1.96. The van der Waals surface area contributed by atoms with E-state index in [-0.39, 0.29) is 16.9 Å². The smallest absolute Gasteiger partial charge is 0.264 e. The summed E-state index contributed by atoms with van der Waals surface area (Å²) in [5, 5.41) is 8.86. The van der Waals surface area contributed by atoms with E-state index >= 15 is 0 Å². The zero-order valence-corrected chi connectivity index (χ0v) is 9.46. The van der Waals surface area contributed by atoms with E-state index in [1.807, 2.05) is 0 Å². The third-order valence-corrected chi connectivity index (χ3v) is 2.16. The molecule has 0 unspecified atom stereocenters. The predicted octanol–water partition coefficient (Wildman–Crippen LogP) is 3.10. The number of benzene rings is 1. The van der Waals surface area contributed by atoms with Gasteiger partial charge >= 0.3 is 0 Å². The fourth-order valence-electron chi connectivity index (χ4n) is 1.54. The number of nitriles is 1. The minimum atomic E-state index is -2.82. The molecule has 1 aromatic carbocycles. The Balaban J connectivity index is 3.47. The van der Waals surface area contributed by atoms with Crippen LogP contribution in [0.4, 0.5) is 8.78 Å². The molecule has 0 radical (unpaired) electrons. The van der Waals surface area contributed by atoms with Crippen molar-refractivity contribution in [1.82, 2.24) is 0 Å². The fourth-order valence-corrected chi connectivity index (χ4v) is 1.54. The van der Waals surface area contributed by atoms with Crippen LogP contribution in [-0.4, -0.2) is 12.4 Å². The SMILES string of the molecule is CCOc1cc(C#N)c(C(C)=O)c(C(F)F)c1. The van der Waals surface area contributed by atoms with Crippen molar-refractivity contribution in [2.45, 2.75) is 20.3 Å². The summed E-state index contributed by atoms with van der Waals surface area (Å²) in [6.45, 7) is 3.16. The molecule has 0 fully saturated rings. The highest BCUT2D eigenvalue weighted by Gasteiger charge is 2.21. The van der Waals surface area contributed by atoms with Crippen molar-refractivity contribution >= 4 is 5.78 Å². The van der Waals surface area contributed by atoms with Crippen LogP contribution in [0.2, 0.25) is 0 Å². The summed E-state index contributed by atoms with van der Waals surface area (Å²) in [5.41, 5.74) is -0.773. The zero-order valence-electron chi connectivity index (χ0n) is 9.46. The molecule has 0 amide bonds. The highest BCUT2D eigenvalue weighted by molar-refractivity contribution is 5.98. The van der Waals surface area contributed by atoms with E-state index in [0.29, 0.717) is 6.61 Å². The highest BCUT2D eigenvalue weighted by atomic mass is 19.3. The Morgan fingerprint density at radius 2 is 2.18 bits per heavy atom. The maximum atomic E-state index is 12.8. The van der Waals surface area contributed by atoms with Gasteiger partial charge in [-0.25, -0.2) is 8.78 Å². The second-order valence-corrected chi connectivity index (χ2v) is 3.34. The number of ether oxygens (including phenoxy) is 1. The van der Waals surface area contributed by atoms with Gasteiger partial charge in [0, 0.05) is 11.1 Å². The first kappa shape index (κ1) is 13.1. The van der Waals surface area contributed by atoms with Gasteiger partial charge in [-0.05, 0) is 26.0 Å². The number of carbonyl (C=O) groups excluding carboxylic acids is 1. The largest absolute Gasteiger partial charge is 0.494 e. The predicted molar refractivity (Wildman–Crippen MR) is 57.3 cm³/mol. The fraction of sp³-hybridized carbons (Fsp3) is 0.333. The molecule has 0 aliphatic carbocycles. The van der Waals surface area contributed by atoms with Gasteiger partial charge < -0.3 is 4.74 Å². The average Bonchev–Trinajstić information content (AvgIpc) is 2.27. The molecular formula is C12H11F2NO2. The maximum absolute atomic E-state index is 12.8. The lowest BCUT2D eigenvalue weighted by Crippen LogP contribution is -2.05. The number of ketones is 1. The Bertz CT molecular complexity index is 478. The van der Waals surface area contributed by atoms with E-state index in [0.717, 1.165) is 13.0 Å². The third-order valence-electron chi connectivity index (χ3n) is 2.16. The number of Topliss-reactive ketones (excluding diaryl/α,β-unsaturated/α-hetero) is 1. The maximum Gasteiger partial charge on any atom is 0.264 e. The first-order chi connectivity index (χ1) is 8.01. The van der Waals surface area contributed by atoms with Gasteiger partial charge in [0.1, 0.15) is 11.8 Å². The lowest BCUT2D eigenvalue weighted by molar-refractivity contribution is 0.0998. The van der Waals surface area contributed by atoms with Crippen LogP contribution < -0.4 is 4.74 Å². The van der Waals surface area contributed by atoms with Crippen molar-refractivity contribution in [2.24, 2.45) is 0 Å². The van der Waals surface area contributed by atoms with Crippen molar-refractivity contribution in [1.29, 1.82) is 5.26 Å². The Morgan fingerprint density at radius 3 is 2.59 bits per heavy atom. The van der Waals surface area contributed by atoms with Crippen molar-refractivity contribution in [3.8, 4) is 11.8 Å². The molecule has 90 valence electrons. The summed E-state index contributed by atoms with van der Waals surface area (Å²) in [4.78, 5) is 11.3. The first-order valence-corrected chi connectivity index (χ1v) is 5.01. The molecule has 0 heterocycles. The Kier molecular flexibility index (Phi) is 4.16. The Labute approximate surface area is 97.6 Å². The molecule has 0 saturated heterocycles. The standard InChI is InChI=1S/C12H11F2NO2/c1-3-17-9-4-8(6-15)11(7(2)16)10(5-9)12(13)14/h4-5,12H,3H2,1-2H3. The second-order valence-electron chi connectivity index (χ2n) is 3.34. The molecule has 0 aromatic heterocycles. The minimum Gasteiger partial charge on any atom is -0.494 e. The van der Waals surface area contributed by atoms with Gasteiger partial charge in [-0.1, -0.05) is 0 Å². The van der Waals surface area contributed by atoms with Crippen molar-refractivity contribution in [2.75, 3.05) is 6.61 Å². The van der Waals surface area contributed by atoms with Crippen LogP contribution in [0.1, 0.15) is 41.8 Å². The van der Waals surface area contributed by atoms with Gasteiger partial charge in [-0.15, -0.1) is 0 Å². The summed E-state index contributed by atoms with van der Waals surface area (Å²) >= 11 is 0. The van der Waals surface area contributed by atoms with Gasteiger partial charge in [0.15, 0.2) is 5.78 Å². The van der Waals surface area contributed by atoms with Gasteiger partial charge in [0.05, 0.1) is 12.2 Å². The molecule has 1 aromatic rings. The van der Waals surface area contributed by atoms with Crippen molar-refractivity contribution < 1.29 is 18.3 Å². The molecule has 0 atom stereocenters. The van der Waals surface area contributed by atoms with Crippen molar-refractivity contribution in [3.63, 3.8) is 0 Å². The molecule has 0 aliphatic rings. The number of alkyl halides is 2. The molecule has 5 heteroatoms. The lowest BCUT2D eigenvalue weighted by Gasteiger charge is -2.11. The number of nitrogens with zero attached hydrogens (tertiary/aromatic N) is 1. The zero-order chi connectivity index (χ0) is 13.0. The molecule has 0 saturated carbocycles. The molecule has 1 rings (SSSR count). The summed E-state index contributed by atoms with van der Waals surface area (Å²) in [5.74, 6) is -0.385. The van der Waals surface area contributed by atoms with Crippen LogP contribution >= 0.6 is 0 Å². The quantitative estimate of drug-likeness (QED) is 0.758. The molecule has 0 N–H and O–H groups in total. The number of rotatable bonds is 4. The van der Waals surface area contributed by atoms with Crippen LogP contribution in [0, 0.1) is 11.3 Å². The summed E-state index contributed by atoms with van der Waals surface area (Å²) in [6.07, 6.45) is -2.82. The number of halogens is 2. The number of carbonyl (C=O) groups is 1. The van der Waals surface area contributed by atoms with Crippen LogP contribution in [0.3, 0.4) is 0 Å². The topological polar surface area (TPSA) is 50.1 Å². The summed E-state index contributed by atoms with van der Waals surface area (Å²) in [6, 6.07) is 4.14. The molecular weight excluding hydrogens is 228 g/mol. The number of hydrogen-bond acceptors (Lipinski definition) is 3. The molecule has 3 nitrogen and oxygen atoms in total. The van der Waals surface area contributed by atoms with E-state index in [4.69, 9.17) is 10.00 Å². The third kappa shape index (κ3) is 2.78. The van der Waals surface area contributed by atoms with E-state index in [1.54, 1.807) is 13.0 Å². The normalized spacial score (nSPS) is 10.1. The van der Waals surface area contributed by atoms with Crippen LogP contribution in [0.5, 0.6) is 5.75 Å². The summed E-state index contributed by atoms with van der Waals surface area (Å²) in [7, 11) is 0. The lowest BCUT2D eigenvalue weighted by atomic mass is 9.98. The van der Waals surface area contributed by atoms with Crippen molar-refractivity contribution in [3.05, 3.63) is 28.8 Å². The van der Waals surface area contributed by atoms with E-state index < -0.39 is 17.8 Å². The monoisotopic (exact) mass is 239 g/mol. The van der Waals surface area contributed by atoms with Gasteiger partial charge in [-0.2, -0.15) is 5.26 Å². The first-order valence-electron chi connectivity index (χ1n) is 5.01. The van der Waals surface area contributed by atoms with Gasteiger partial charge in [0.2, 0.25) is 0 Å². The van der Waals surface area contributed by atoms with Gasteiger partial charge in [-0.3, -0.25) is 4.79 Å². The average molecular weight is 239 g/mol. The minimum absolute atomic E-state index is 0.0845. The highest BCUT2D eigenvalue weighted by Crippen LogP contribution is 2.30. The molecule has 0 aliphatic heterocycles. The number of hydrogen-bond donors (Lipinski definition) is 0. The van der Waals surface area contributed by atoms with Crippen LogP contribution in [-0.2, 0) is 0 Å². The molecule has 17 heavy (non-hydrogen) atoms.